The highest BCUT2D eigenvalue weighted by Crippen LogP contribution is 2.29. The minimum Gasteiger partial charge on any atom is -0.493 e. The lowest BCUT2D eigenvalue weighted by Gasteiger charge is -2.32. The van der Waals surface area contributed by atoms with Gasteiger partial charge in [-0.3, -0.25) is 9.59 Å². The number of piperidine rings is 1. The monoisotopic (exact) mass is 496 g/mol. The Kier molecular flexibility index (Phi) is 7.87. The summed E-state index contributed by atoms with van der Waals surface area (Å²) in [7, 11) is 1.52. The molecule has 1 aliphatic rings. The van der Waals surface area contributed by atoms with E-state index in [1.165, 1.54) is 19.2 Å². The lowest BCUT2D eigenvalue weighted by atomic mass is 10.0. The molecule has 1 heterocycles. The molecule has 0 aromatic heterocycles. The van der Waals surface area contributed by atoms with Crippen molar-refractivity contribution in [2.75, 3.05) is 20.2 Å². The molecule has 1 fully saturated rings. The number of hydrogen-bond acceptors (Lipinski definition) is 4. The fraction of sp³-hybridized carbons (Fsp3) is 0.259. The molecule has 0 spiro atoms. The summed E-state index contributed by atoms with van der Waals surface area (Å²) in [5.74, 6) is -0.100. The van der Waals surface area contributed by atoms with Gasteiger partial charge >= 0.3 is 0 Å². The first-order chi connectivity index (χ1) is 16.9. The zero-order valence-electron chi connectivity index (χ0n) is 19.3. The van der Waals surface area contributed by atoms with Crippen molar-refractivity contribution in [3.05, 3.63) is 94.3 Å². The molecule has 1 aliphatic heterocycles. The highest BCUT2D eigenvalue weighted by molar-refractivity contribution is 6.30. The van der Waals surface area contributed by atoms with Crippen molar-refractivity contribution in [3.63, 3.8) is 0 Å². The van der Waals surface area contributed by atoms with Crippen LogP contribution >= 0.6 is 11.6 Å². The van der Waals surface area contributed by atoms with E-state index in [1.54, 1.807) is 47.4 Å². The molecule has 3 aromatic rings. The number of benzene rings is 3. The molecule has 0 saturated carbocycles. The third-order valence-electron chi connectivity index (χ3n) is 5.96. The van der Waals surface area contributed by atoms with Gasteiger partial charge in [0.15, 0.2) is 11.5 Å². The lowest BCUT2D eigenvalue weighted by Crippen LogP contribution is -2.46. The Morgan fingerprint density at radius 2 is 1.74 bits per heavy atom. The molecule has 182 valence electrons. The Bertz CT molecular complexity index is 1190. The third-order valence-corrected chi connectivity index (χ3v) is 6.21. The molecule has 0 atom stereocenters. The van der Waals surface area contributed by atoms with E-state index in [1.807, 2.05) is 12.1 Å². The topological polar surface area (TPSA) is 67.9 Å². The van der Waals surface area contributed by atoms with Crippen LogP contribution in [0.3, 0.4) is 0 Å². The zero-order valence-corrected chi connectivity index (χ0v) is 20.1. The molecule has 0 bridgehead atoms. The van der Waals surface area contributed by atoms with Crippen LogP contribution in [0.1, 0.15) is 39.1 Å². The van der Waals surface area contributed by atoms with E-state index in [0.717, 1.165) is 5.56 Å². The maximum atomic E-state index is 13.9. The summed E-state index contributed by atoms with van der Waals surface area (Å²) in [6, 6.07) is 18.3. The number of amides is 2. The molecule has 0 radical (unpaired) electrons. The van der Waals surface area contributed by atoms with E-state index in [0.29, 0.717) is 54.6 Å². The first kappa shape index (κ1) is 24.5. The van der Waals surface area contributed by atoms with Crippen LogP contribution in [0, 0.1) is 5.82 Å². The van der Waals surface area contributed by atoms with Crippen LogP contribution in [0.5, 0.6) is 11.5 Å². The molecule has 35 heavy (non-hydrogen) atoms. The summed E-state index contributed by atoms with van der Waals surface area (Å²) in [5, 5.41) is 3.68. The fourth-order valence-electron chi connectivity index (χ4n) is 3.97. The van der Waals surface area contributed by atoms with Crippen molar-refractivity contribution in [1.82, 2.24) is 10.2 Å². The highest BCUT2D eigenvalue weighted by Gasteiger charge is 2.26. The second-order valence-corrected chi connectivity index (χ2v) is 8.74. The zero-order chi connectivity index (χ0) is 24.8. The maximum Gasteiger partial charge on any atom is 0.256 e. The molecule has 3 aromatic carbocycles. The first-order valence-corrected chi connectivity index (χ1v) is 11.7. The summed E-state index contributed by atoms with van der Waals surface area (Å²) in [5.41, 5.74) is 1.48. The number of ether oxygens (including phenoxy) is 2. The smallest absolute Gasteiger partial charge is 0.256 e. The van der Waals surface area contributed by atoms with Gasteiger partial charge in [0.2, 0.25) is 0 Å². The van der Waals surface area contributed by atoms with Crippen LogP contribution in [0.4, 0.5) is 4.39 Å². The van der Waals surface area contributed by atoms with Gasteiger partial charge in [-0.2, -0.15) is 0 Å². The molecular weight excluding hydrogens is 471 g/mol. The number of hydrogen-bond donors (Lipinski definition) is 1. The van der Waals surface area contributed by atoms with E-state index in [2.05, 4.69) is 5.32 Å². The van der Waals surface area contributed by atoms with Crippen molar-refractivity contribution in [2.24, 2.45) is 0 Å². The molecule has 8 heteroatoms. The Morgan fingerprint density at radius 1 is 1.03 bits per heavy atom. The number of nitrogens with zero attached hydrogens (tertiary/aromatic N) is 1. The number of rotatable bonds is 7. The largest absolute Gasteiger partial charge is 0.493 e. The summed E-state index contributed by atoms with van der Waals surface area (Å²) >= 11 is 5.92. The lowest BCUT2D eigenvalue weighted by molar-refractivity contribution is 0.0693. The molecule has 2 amide bonds. The normalized spacial score (nSPS) is 13.9. The van der Waals surface area contributed by atoms with Crippen LogP contribution in [-0.4, -0.2) is 43.0 Å². The average Bonchev–Trinajstić information content (AvgIpc) is 2.88. The van der Waals surface area contributed by atoms with Gasteiger partial charge in [-0.05, 0) is 60.9 Å². The van der Waals surface area contributed by atoms with Crippen molar-refractivity contribution in [2.45, 2.75) is 25.5 Å². The van der Waals surface area contributed by atoms with Gasteiger partial charge in [-0.15, -0.1) is 0 Å². The number of nitrogens with one attached hydrogen (secondary N) is 1. The van der Waals surface area contributed by atoms with Crippen LogP contribution in [-0.2, 0) is 6.61 Å². The van der Waals surface area contributed by atoms with Crippen molar-refractivity contribution in [1.29, 1.82) is 0 Å². The quantitative estimate of drug-likeness (QED) is 0.494. The maximum absolute atomic E-state index is 13.9. The Balaban J connectivity index is 1.32. The van der Waals surface area contributed by atoms with E-state index in [-0.39, 0.29) is 23.4 Å². The molecule has 1 N–H and O–H groups in total. The number of methoxy groups -OCH3 is 1. The van der Waals surface area contributed by atoms with Gasteiger partial charge in [0.1, 0.15) is 12.4 Å². The fourth-order valence-corrected chi connectivity index (χ4v) is 4.10. The summed E-state index contributed by atoms with van der Waals surface area (Å²) in [6.45, 7) is 1.22. The van der Waals surface area contributed by atoms with Gasteiger partial charge in [0.25, 0.3) is 11.8 Å². The van der Waals surface area contributed by atoms with E-state index >= 15 is 0 Å². The number of halogens is 2. The van der Waals surface area contributed by atoms with Gasteiger partial charge in [-0.25, -0.2) is 4.39 Å². The number of likely N-dealkylation sites (tertiary alicyclic amines) is 1. The second kappa shape index (κ2) is 11.2. The van der Waals surface area contributed by atoms with Gasteiger partial charge in [0, 0.05) is 29.7 Å². The Morgan fingerprint density at radius 3 is 2.43 bits per heavy atom. The summed E-state index contributed by atoms with van der Waals surface area (Å²) < 4.78 is 25.2. The van der Waals surface area contributed by atoms with Crippen molar-refractivity contribution in [3.8, 4) is 11.5 Å². The predicted octanol–water partition coefficient (Wildman–Crippen LogP) is 5.10. The van der Waals surface area contributed by atoms with E-state index in [9.17, 15) is 14.0 Å². The SMILES string of the molecule is COc1cc(C(=O)NC2CCN(C(=O)c3ccccc3F)CC2)ccc1OCc1ccc(Cl)cc1. The van der Waals surface area contributed by atoms with Crippen molar-refractivity contribution >= 4 is 23.4 Å². The average molecular weight is 497 g/mol. The first-order valence-electron chi connectivity index (χ1n) is 11.3. The van der Waals surface area contributed by atoms with Crippen LogP contribution in [0.15, 0.2) is 66.7 Å². The van der Waals surface area contributed by atoms with Crippen LogP contribution < -0.4 is 14.8 Å². The molecular formula is C27H26ClFN2O4. The third kappa shape index (κ3) is 6.11. The Labute approximate surface area is 208 Å². The van der Waals surface area contributed by atoms with Gasteiger partial charge in [-0.1, -0.05) is 35.9 Å². The van der Waals surface area contributed by atoms with Crippen molar-refractivity contribution < 1.29 is 23.5 Å². The predicted molar refractivity (Wildman–Crippen MR) is 132 cm³/mol. The molecule has 6 nitrogen and oxygen atoms in total. The molecule has 0 aliphatic carbocycles. The summed E-state index contributed by atoms with van der Waals surface area (Å²) in [6.07, 6.45) is 1.18. The van der Waals surface area contributed by atoms with Gasteiger partial charge < -0.3 is 19.7 Å². The van der Waals surface area contributed by atoms with Gasteiger partial charge in [0.05, 0.1) is 12.7 Å². The molecule has 1 saturated heterocycles. The minimum atomic E-state index is -0.525. The summed E-state index contributed by atoms with van der Waals surface area (Å²) in [4.78, 5) is 27.1. The van der Waals surface area contributed by atoms with E-state index in [4.69, 9.17) is 21.1 Å². The Hall–Kier alpha value is -3.58. The minimum absolute atomic E-state index is 0.0699. The number of carbonyl (C=O) groups is 2. The molecule has 4 rings (SSSR count). The number of carbonyl (C=O) groups excluding carboxylic acids is 2. The van der Waals surface area contributed by atoms with E-state index < -0.39 is 5.82 Å². The molecule has 0 unspecified atom stereocenters. The van der Waals surface area contributed by atoms with Crippen LogP contribution in [0.2, 0.25) is 5.02 Å². The standard InChI is InChI=1S/C27H26ClFN2O4/c1-34-25-16-19(8-11-24(25)35-17-18-6-9-20(28)10-7-18)26(32)30-21-12-14-31(15-13-21)27(33)22-4-2-3-5-23(22)29/h2-11,16,21H,12-15,17H2,1H3,(H,30,32). The highest BCUT2D eigenvalue weighted by atomic mass is 35.5. The van der Waals surface area contributed by atoms with Crippen LogP contribution in [0.25, 0.3) is 0 Å². The second-order valence-electron chi connectivity index (χ2n) is 8.30.